The van der Waals surface area contributed by atoms with Crippen molar-refractivity contribution in [2.45, 2.75) is 51.5 Å². The molecule has 4 bridgehead atoms. The van der Waals surface area contributed by atoms with Gasteiger partial charge in [0.1, 0.15) is 5.75 Å². The van der Waals surface area contributed by atoms with Crippen molar-refractivity contribution in [1.82, 2.24) is 9.47 Å². The third-order valence-electron chi connectivity index (χ3n) is 7.12. The summed E-state index contributed by atoms with van der Waals surface area (Å²) in [5, 5.41) is 0.991. The first-order valence-electron chi connectivity index (χ1n) is 10.4. The third-order valence-corrected chi connectivity index (χ3v) is 7.12. The van der Waals surface area contributed by atoms with Gasteiger partial charge in [0, 0.05) is 43.1 Å². The molecule has 3 aliphatic heterocycles. The fourth-order valence-electron chi connectivity index (χ4n) is 6.30. The molecule has 2 N–H and O–H groups in total. The first-order valence-corrected chi connectivity index (χ1v) is 10.4. The summed E-state index contributed by atoms with van der Waals surface area (Å²) in [6.07, 6.45) is 4.50. The zero-order valence-corrected chi connectivity index (χ0v) is 16.5. The average molecular weight is 381 g/mol. The number of ether oxygens (including phenoxy) is 1. The van der Waals surface area contributed by atoms with Crippen molar-refractivity contribution in [2.24, 2.45) is 17.6 Å². The maximum Gasteiger partial charge on any atom is 0.323 e. The van der Waals surface area contributed by atoms with Crippen molar-refractivity contribution in [3.63, 3.8) is 0 Å². The number of benzene rings is 1. The van der Waals surface area contributed by atoms with Gasteiger partial charge in [-0.2, -0.15) is 0 Å². The number of rotatable bonds is 2. The molecule has 2 unspecified atom stereocenters. The molecule has 6 heteroatoms. The lowest BCUT2D eigenvalue weighted by atomic mass is 9.65. The Bertz CT molecular complexity index is 979. The molecule has 148 valence electrons. The standard InChI is InChI=1S/C22H27N3O3/c1-3-14-8-13-9-18-20(14)24(11-13)7-6-16-17-10-15(28-12(2)26)4-5-19(17)25(21(16)18)22(23)27/h4-5,10,13-14,18,20H,3,6-9,11H2,1-2H3,(H2,23,27)/t13-,14-,18+,20?/m0/s1. The zero-order valence-electron chi connectivity index (χ0n) is 16.5. The number of amides is 1. The highest BCUT2D eigenvalue weighted by molar-refractivity contribution is 5.96. The number of nitrogens with zero attached hydrogens (tertiary/aromatic N) is 2. The number of aromatic nitrogens is 1. The first kappa shape index (κ1) is 17.7. The molecule has 2 aromatic rings. The Morgan fingerprint density at radius 3 is 2.82 bits per heavy atom. The van der Waals surface area contributed by atoms with Crippen LogP contribution in [0.1, 0.15) is 50.3 Å². The van der Waals surface area contributed by atoms with Gasteiger partial charge in [0.25, 0.3) is 0 Å². The van der Waals surface area contributed by atoms with E-state index < -0.39 is 6.03 Å². The minimum Gasteiger partial charge on any atom is -0.427 e. The maximum atomic E-state index is 12.5. The van der Waals surface area contributed by atoms with E-state index in [2.05, 4.69) is 11.8 Å². The van der Waals surface area contributed by atoms with Crippen LogP contribution in [0.25, 0.3) is 10.9 Å². The van der Waals surface area contributed by atoms with Crippen LogP contribution in [0.2, 0.25) is 0 Å². The van der Waals surface area contributed by atoms with Gasteiger partial charge in [-0.1, -0.05) is 13.3 Å². The number of nitrogens with two attached hydrogens (primary N) is 1. The van der Waals surface area contributed by atoms with E-state index in [0.717, 1.165) is 36.0 Å². The number of hydrogen-bond acceptors (Lipinski definition) is 4. The molecule has 2 saturated heterocycles. The van der Waals surface area contributed by atoms with Crippen LogP contribution < -0.4 is 10.5 Å². The summed E-state index contributed by atoms with van der Waals surface area (Å²) in [7, 11) is 0. The number of primary amides is 1. The molecule has 3 fully saturated rings. The highest BCUT2D eigenvalue weighted by Gasteiger charge is 2.49. The monoisotopic (exact) mass is 381 g/mol. The van der Waals surface area contributed by atoms with Gasteiger partial charge in [-0.3, -0.25) is 14.3 Å². The van der Waals surface area contributed by atoms with Gasteiger partial charge in [0.15, 0.2) is 0 Å². The molecule has 6 nitrogen and oxygen atoms in total. The molecule has 4 aliphatic rings. The van der Waals surface area contributed by atoms with Gasteiger partial charge < -0.3 is 10.5 Å². The van der Waals surface area contributed by atoms with Crippen molar-refractivity contribution in [2.75, 3.05) is 13.1 Å². The van der Waals surface area contributed by atoms with E-state index in [-0.39, 0.29) is 5.97 Å². The molecular weight excluding hydrogens is 354 g/mol. The van der Waals surface area contributed by atoms with Gasteiger partial charge in [-0.15, -0.1) is 0 Å². The molecule has 1 amide bonds. The summed E-state index contributed by atoms with van der Waals surface area (Å²) < 4.78 is 7.05. The van der Waals surface area contributed by atoms with Crippen LogP contribution in [-0.4, -0.2) is 40.6 Å². The second kappa shape index (κ2) is 6.34. The fraction of sp³-hybridized carbons (Fsp3) is 0.545. The topological polar surface area (TPSA) is 77.6 Å². The molecule has 6 rings (SSSR count). The molecule has 1 aromatic heterocycles. The van der Waals surface area contributed by atoms with E-state index in [1.54, 1.807) is 10.6 Å². The zero-order chi connectivity index (χ0) is 19.6. The van der Waals surface area contributed by atoms with Gasteiger partial charge >= 0.3 is 12.0 Å². The number of hydrogen-bond donors (Lipinski definition) is 1. The van der Waals surface area contributed by atoms with Crippen LogP contribution >= 0.6 is 0 Å². The van der Waals surface area contributed by atoms with Gasteiger partial charge in [-0.05, 0) is 54.9 Å². The van der Waals surface area contributed by atoms with E-state index >= 15 is 0 Å². The largest absolute Gasteiger partial charge is 0.427 e. The summed E-state index contributed by atoms with van der Waals surface area (Å²) in [5.74, 6) is 1.89. The van der Waals surface area contributed by atoms with Crippen molar-refractivity contribution in [3.05, 3.63) is 29.5 Å². The van der Waals surface area contributed by atoms with Crippen LogP contribution in [0.15, 0.2) is 18.2 Å². The van der Waals surface area contributed by atoms with E-state index in [0.29, 0.717) is 29.5 Å². The minimum absolute atomic E-state index is 0.340. The van der Waals surface area contributed by atoms with Crippen molar-refractivity contribution < 1.29 is 14.3 Å². The summed E-state index contributed by atoms with van der Waals surface area (Å²) >= 11 is 0. The first-order chi connectivity index (χ1) is 13.5. The third kappa shape index (κ3) is 2.50. The second-order valence-corrected chi connectivity index (χ2v) is 8.66. The van der Waals surface area contributed by atoms with Crippen molar-refractivity contribution in [1.29, 1.82) is 0 Å². The van der Waals surface area contributed by atoms with E-state index in [1.807, 2.05) is 12.1 Å². The molecule has 0 radical (unpaired) electrons. The smallest absolute Gasteiger partial charge is 0.323 e. The molecule has 1 aromatic carbocycles. The van der Waals surface area contributed by atoms with E-state index in [1.165, 1.54) is 31.9 Å². The van der Waals surface area contributed by atoms with E-state index in [4.69, 9.17) is 10.5 Å². The lowest BCUT2D eigenvalue weighted by molar-refractivity contribution is -0.131. The van der Waals surface area contributed by atoms with Crippen LogP contribution in [0, 0.1) is 11.8 Å². The van der Waals surface area contributed by atoms with Crippen LogP contribution in [0.5, 0.6) is 5.75 Å². The number of carbonyl (C=O) groups is 2. The number of piperidine rings is 2. The van der Waals surface area contributed by atoms with Gasteiger partial charge in [-0.25, -0.2) is 4.79 Å². The summed E-state index contributed by atoms with van der Waals surface area (Å²) in [6.45, 7) is 5.87. The average Bonchev–Trinajstić information content (AvgIpc) is 2.93. The van der Waals surface area contributed by atoms with Crippen molar-refractivity contribution >= 4 is 22.9 Å². The quantitative estimate of drug-likeness (QED) is 0.640. The molecule has 28 heavy (non-hydrogen) atoms. The summed E-state index contributed by atoms with van der Waals surface area (Å²) in [4.78, 5) is 26.6. The molecule has 5 atom stereocenters. The van der Waals surface area contributed by atoms with Gasteiger partial charge in [0.2, 0.25) is 0 Å². The minimum atomic E-state index is -0.422. The molecule has 1 saturated carbocycles. The van der Waals surface area contributed by atoms with Crippen LogP contribution in [0.3, 0.4) is 0 Å². The van der Waals surface area contributed by atoms with Crippen LogP contribution in [0.4, 0.5) is 4.79 Å². The molecule has 0 spiro atoms. The lowest BCUT2D eigenvalue weighted by Crippen LogP contribution is -2.56. The Hall–Kier alpha value is -2.34. The highest BCUT2D eigenvalue weighted by Crippen LogP contribution is 2.52. The fourth-order valence-corrected chi connectivity index (χ4v) is 6.30. The lowest BCUT2D eigenvalue weighted by Gasteiger charge is -2.53. The maximum absolute atomic E-state index is 12.5. The van der Waals surface area contributed by atoms with Gasteiger partial charge in [0.05, 0.1) is 5.52 Å². The normalized spacial score (nSPS) is 30.7. The van der Waals surface area contributed by atoms with Crippen LogP contribution in [-0.2, 0) is 11.2 Å². The Kier molecular flexibility index (Phi) is 4.02. The predicted octanol–water partition coefficient (Wildman–Crippen LogP) is 3.25. The number of fused-ring (bicyclic) bond motifs is 4. The Morgan fingerprint density at radius 1 is 1.29 bits per heavy atom. The molecule has 4 heterocycles. The molecule has 1 aliphatic carbocycles. The SMILES string of the molecule is CC[C@H]1C[C@H]2C[C@H]3c4c(c5cc(OC(C)=O)ccc5n4C(N)=O)CCN(C2)C13. The summed E-state index contributed by atoms with van der Waals surface area (Å²) in [6, 6.07) is 5.58. The second-order valence-electron chi connectivity index (χ2n) is 8.66. The summed E-state index contributed by atoms with van der Waals surface area (Å²) in [5.41, 5.74) is 9.02. The Morgan fingerprint density at radius 2 is 2.11 bits per heavy atom. The molecular formula is C22H27N3O3. The predicted molar refractivity (Wildman–Crippen MR) is 107 cm³/mol. The van der Waals surface area contributed by atoms with Crippen molar-refractivity contribution in [3.8, 4) is 5.75 Å². The number of carbonyl (C=O) groups excluding carboxylic acids is 2. The number of esters is 1. The Labute approximate surface area is 164 Å². The Balaban J connectivity index is 1.73. The van der Waals surface area contributed by atoms with E-state index in [9.17, 15) is 9.59 Å². The highest BCUT2D eigenvalue weighted by atomic mass is 16.5.